The lowest BCUT2D eigenvalue weighted by Crippen LogP contribution is -2.52. The number of pyridine rings is 1. The van der Waals surface area contributed by atoms with Crippen LogP contribution >= 0.6 is 35.0 Å². The minimum atomic E-state index is -1.21. The molecule has 3 amide bonds. The number of carboxylic acids is 1. The number of carbonyl (C=O) groups is 4. The van der Waals surface area contributed by atoms with Gasteiger partial charge in [-0.3, -0.25) is 19.4 Å². The molecule has 202 valence electrons. The molecular weight excluding hydrogens is 563 g/mol. The van der Waals surface area contributed by atoms with Gasteiger partial charge in [-0.2, -0.15) is 0 Å². The second-order valence-corrected chi connectivity index (χ2v) is 10.6. The molecule has 0 radical (unpaired) electrons. The summed E-state index contributed by atoms with van der Waals surface area (Å²) >= 11 is 13.6. The highest BCUT2D eigenvalue weighted by Crippen LogP contribution is 2.26. The molecule has 0 unspecified atom stereocenters. The Hall–Kier alpha value is -3.60. The Balaban J connectivity index is 1.37. The van der Waals surface area contributed by atoms with Crippen molar-refractivity contribution in [1.82, 2.24) is 15.2 Å². The average Bonchev–Trinajstić information content (AvgIpc) is 3.40. The van der Waals surface area contributed by atoms with E-state index >= 15 is 0 Å². The second-order valence-electron chi connectivity index (χ2n) is 8.77. The fourth-order valence-corrected chi connectivity index (χ4v) is 5.77. The highest BCUT2D eigenvalue weighted by Gasteiger charge is 2.36. The lowest BCUT2D eigenvalue weighted by Gasteiger charge is -2.25. The van der Waals surface area contributed by atoms with Gasteiger partial charge in [-0.1, -0.05) is 47.5 Å². The van der Waals surface area contributed by atoms with Gasteiger partial charge >= 0.3 is 5.97 Å². The van der Waals surface area contributed by atoms with Gasteiger partial charge in [0.1, 0.15) is 12.1 Å². The molecule has 0 aliphatic carbocycles. The number of carbonyl (C=O) groups excluding carboxylic acids is 3. The molecule has 39 heavy (non-hydrogen) atoms. The van der Waals surface area contributed by atoms with Crippen molar-refractivity contribution in [1.29, 1.82) is 0 Å². The molecule has 1 aliphatic heterocycles. The minimum Gasteiger partial charge on any atom is -0.480 e. The third kappa shape index (κ3) is 7.29. The number of hydrogen-bond donors (Lipinski definition) is 3. The van der Waals surface area contributed by atoms with Crippen LogP contribution in [0.25, 0.3) is 0 Å². The van der Waals surface area contributed by atoms with E-state index in [-0.39, 0.29) is 34.4 Å². The Morgan fingerprint density at radius 1 is 1.03 bits per heavy atom. The largest absolute Gasteiger partial charge is 0.480 e. The molecule has 2 heterocycles. The molecule has 0 saturated carbocycles. The van der Waals surface area contributed by atoms with Gasteiger partial charge in [-0.15, -0.1) is 11.8 Å². The van der Waals surface area contributed by atoms with Crippen LogP contribution in [0.4, 0.5) is 5.69 Å². The molecule has 3 N–H and O–H groups in total. The quantitative estimate of drug-likeness (QED) is 0.347. The number of benzene rings is 2. The van der Waals surface area contributed by atoms with E-state index < -0.39 is 29.9 Å². The molecule has 3 aromatic rings. The molecule has 1 fully saturated rings. The number of nitrogens with zero attached hydrogens (tertiary/aromatic N) is 2. The van der Waals surface area contributed by atoms with Gasteiger partial charge in [0.25, 0.3) is 5.91 Å². The third-order valence-electron chi connectivity index (χ3n) is 6.04. The number of aromatic nitrogens is 1. The standard InChI is InChI=1S/C27H24Cl2N4O5S/c28-19-4-1-5-20(29)24(19)26(36)31-18-8-6-16(7-9-18)11-21(27(37)38)32-25(35)22-14-39-15-33(22)23(34)12-17-3-2-10-30-13-17/h1-10,13,21-22H,11-12,14-15H2,(H,31,36)(H,32,35)(H,37,38)/t21-,22-/m0/s1. The number of nitrogens with one attached hydrogen (secondary N) is 2. The number of aliphatic carboxylic acids is 1. The third-order valence-corrected chi connectivity index (χ3v) is 7.68. The van der Waals surface area contributed by atoms with Gasteiger partial charge in [0, 0.05) is 30.3 Å². The predicted octanol–water partition coefficient (Wildman–Crippen LogP) is 3.90. The topological polar surface area (TPSA) is 129 Å². The summed E-state index contributed by atoms with van der Waals surface area (Å²) < 4.78 is 0. The molecular formula is C27H24Cl2N4O5S. The molecule has 12 heteroatoms. The van der Waals surface area contributed by atoms with Crippen LogP contribution < -0.4 is 10.6 Å². The van der Waals surface area contributed by atoms with E-state index in [1.165, 1.54) is 16.7 Å². The van der Waals surface area contributed by atoms with Gasteiger partial charge < -0.3 is 20.6 Å². The monoisotopic (exact) mass is 586 g/mol. The summed E-state index contributed by atoms with van der Waals surface area (Å²) in [5.74, 6) is -1.70. The predicted molar refractivity (Wildman–Crippen MR) is 150 cm³/mol. The molecule has 2 aromatic carbocycles. The van der Waals surface area contributed by atoms with E-state index in [1.807, 2.05) is 0 Å². The van der Waals surface area contributed by atoms with Gasteiger partial charge in [-0.05, 0) is 41.5 Å². The van der Waals surface area contributed by atoms with Crippen molar-refractivity contribution >= 4 is 64.3 Å². The first-order valence-corrected chi connectivity index (χ1v) is 13.8. The summed E-state index contributed by atoms with van der Waals surface area (Å²) in [5.41, 5.74) is 1.97. The first-order valence-electron chi connectivity index (χ1n) is 11.9. The van der Waals surface area contributed by atoms with Crippen LogP contribution in [0.3, 0.4) is 0 Å². The van der Waals surface area contributed by atoms with E-state index in [4.69, 9.17) is 23.2 Å². The number of hydrogen-bond acceptors (Lipinski definition) is 6. The zero-order chi connectivity index (χ0) is 27.9. The Labute approximate surface area is 238 Å². The molecule has 0 spiro atoms. The van der Waals surface area contributed by atoms with Gasteiger partial charge in [0.15, 0.2) is 0 Å². The molecule has 1 saturated heterocycles. The van der Waals surface area contributed by atoms with Crippen molar-refractivity contribution in [3.8, 4) is 0 Å². The van der Waals surface area contributed by atoms with Crippen molar-refractivity contribution < 1.29 is 24.3 Å². The lowest BCUT2D eigenvalue weighted by atomic mass is 10.0. The van der Waals surface area contributed by atoms with E-state index in [9.17, 15) is 24.3 Å². The number of halogens is 2. The van der Waals surface area contributed by atoms with E-state index in [0.717, 1.165) is 5.56 Å². The van der Waals surface area contributed by atoms with Crippen molar-refractivity contribution in [3.05, 3.63) is 93.7 Å². The molecule has 1 aliphatic rings. The zero-order valence-electron chi connectivity index (χ0n) is 20.5. The summed E-state index contributed by atoms with van der Waals surface area (Å²) in [6.07, 6.45) is 3.32. The zero-order valence-corrected chi connectivity index (χ0v) is 22.8. The maximum atomic E-state index is 13.0. The first kappa shape index (κ1) is 28.4. The summed E-state index contributed by atoms with van der Waals surface area (Å²) in [7, 11) is 0. The minimum absolute atomic E-state index is 0.00906. The molecule has 2 atom stereocenters. The summed E-state index contributed by atoms with van der Waals surface area (Å²) in [5, 5.41) is 15.5. The molecule has 4 rings (SSSR count). The van der Waals surface area contributed by atoms with Crippen LogP contribution in [0.15, 0.2) is 67.0 Å². The van der Waals surface area contributed by atoms with Gasteiger partial charge in [0.2, 0.25) is 11.8 Å². The van der Waals surface area contributed by atoms with E-state index in [1.54, 1.807) is 67.0 Å². The van der Waals surface area contributed by atoms with Gasteiger partial charge in [-0.25, -0.2) is 4.79 Å². The summed E-state index contributed by atoms with van der Waals surface area (Å²) in [6, 6.07) is 12.8. The lowest BCUT2D eigenvalue weighted by molar-refractivity contribution is -0.143. The maximum absolute atomic E-state index is 13.0. The number of anilines is 1. The maximum Gasteiger partial charge on any atom is 0.326 e. The summed E-state index contributed by atoms with van der Waals surface area (Å²) in [4.78, 5) is 55.9. The van der Waals surface area contributed by atoms with Crippen LogP contribution in [0.5, 0.6) is 0 Å². The Kier molecular flexibility index (Phi) is 9.45. The molecule has 0 bridgehead atoms. The van der Waals surface area contributed by atoms with Gasteiger partial charge in [0.05, 0.1) is 27.9 Å². The first-order chi connectivity index (χ1) is 18.7. The van der Waals surface area contributed by atoms with Crippen LogP contribution in [-0.4, -0.2) is 62.4 Å². The number of amides is 3. The highest BCUT2D eigenvalue weighted by molar-refractivity contribution is 7.99. The molecule has 1 aromatic heterocycles. The highest BCUT2D eigenvalue weighted by atomic mass is 35.5. The second kappa shape index (κ2) is 13.0. The SMILES string of the molecule is O=C(Nc1ccc(C[C@H](NC(=O)[C@@H]2CSCN2C(=O)Cc2cccnc2)C(=O)O)cc1)c1c(Cl)cccc1Cl. The summed E-state index contributed by atoms with van der Waals surface area (Å²) in [6.45, 7) is 0. The number of rotatable bonds is 9. The molecule has 9 nitrogen and oxygen atoms in total. The Morgan fingerprint density at radius 3 is 2.38 bits per heavy atom. The fourth-order valence-electron chi connectivity index (χ4n) is 4.02. The number of thioether (sulfide) groups is 1. The van der Waals surface area contributed by atoms with E-state index in [0.29, 0.717) is 22.9 Å². The Morgan fingerprint density at radius 2 is 1.74 bits per heavy atom. The van der Waals surface area contributed by atoms with Crippen LogP contribution in [-0.2, 0) is 27.2 Å². The van der Waals surface area contributed by atoms with E-state index in [2.05, 4.69) is 15.6 Å². The van der Waals surface area contributed by atoms with Crippen molar-refractivity contribution in [2.45, 2.75) is 24.9 Å². The number of carboxylic acid groups (broad SMARTS) is 1. The van der Waals surface area contributed by atoms with Crippen LogP contribution in [0, 0.1) is 0 Å². The Bertz CT molecular complexity index is 1350. The smallest absolute Gasteiger partial charge is 0.326 e. The fraction of sp³-hybridized carbons (Fsp3) is 0.222. The van der Waals surface area contributed by atoms with Crippen LogP contribution in [0.1, 0.15) is 21.5 Å². The van der Waals surface area contributed by atoms with Crippen molar-refractivity contribution in [2.24, 2.45) is 0 Å². The van der Waals surface area contributed by atoms with Crippen molar-refractivity contribution in [2.75, 3.05) is 16.9 Å². The average molecular weight is 587 g/mol. The normalized spacial score (nSPS) is 15.4. The van der Waals surface area contributed by atoms with Crippen LogP contribution in [0.2, 0.25) is 10.0 Å². The van der Waals surface area contributed by atoms with Crippen molar-refractivity contribution in [3.63, 3.8) is 0 Å².